The van der Waals surface area contributed by atoms with Crippen LogP contribution in [0.5, 0.6) is 5.75 Å². The second-order valence-electron chi connectivity index (χ2n) is 7.99. The van der Waals surface area contributed by atoms with Crippen LogP contribution in [0.25, 0.3) is 0 Å². The van der Waals surface area contributed by atoms with Crippen LogP contribution in [0, 0.1) is 11.8 Å². The molecule has 2 aliphatic heterocycles. The van der Waals surface area contributed by atoms with Gasteiger partial charge in [0.1, 0.15) is 5.75 Å². The van der Waals surface area contributed by atoms with Crippen molar-refractivity contribution >= 4 is 5.96 Å². The quantitative estimate of drug-likeness (QED) is 0.627. The Kier molecular flexibility index (Phi) is 6.78. The Morgan fingerprint density at radius 2 is 2.15 bits per heavy atom. The summed E-state index contributed by atoms with van der Waals surface area (Å²) < 4.78 is 5.76. The minimum absolute atomic E-state index is 0.259. The van der Waals surface area contributed by atoms with Crippen molar-refractivity contribution in [2.45, 2.75) is 39.2 Å². The van der Waals surface area contributed by atoms with Crippen molar-refractivity contribution in [2.24, 2.45) is 16.8 Å². The van der Waals surface area contributed by atoms with Gasteiger partial charge in [-0.05, 0) is 37.3 Å². The number of fused-ring (bicyclic) bond motifs is 1. The Balaban J connectivity index is 1.51. The largest absolute Gasteiger partial charge is 0.493 e. The average molecular weight is 359 g/mol. The van der Waals surface area contributed by atoms with Crippen molar-refractivity contribution in [3.05, 3.63) is 29.8 Å². The van der Waals surface area contributed by atoms with E-state index in [9.17, 15) is 0 Å². The Bertz CT molecular complexity index is 601. The van der Waals surface area contributed by atoms with Gasteiger partial charge in [-0.2, -0.15) is 0 Å². The maximum Gasteiger partial charge on any atom is 0.191 e. The summed E-state index contributed by atoms with van der Waals surface area (Å²) >= 11 is 0. The minimum atomic E-state index is 0.259. The molecule has 26 heavy (non-hydrogen) atoms. The number of piperidine rings is 1. The molecular formula is C21H34N4O. The van der Waals surface area contributed by atoms with Crippen LogP contribution < -0.4 is 15.4 Å². The van der Waals surface area contributed by atoms with E-state index in [0.717, 1.165) is 37.2 Å². The molecule has 0 bridgehead atoms. The minimum Gasteiger partial charge on any atom is -0.493 e. The summed E-state index contributed by atoms with van der Waals surface area (Å²) in [5.74, 6) is 3.32. The fourth-order valence-electron chi connectivity index (χ4n) is 4.09. The van der Waals surface area contributed by atoms with E-state index >= 15 is 0 Å². The number of nitrogens with zero attached hydrogens (tertiary/aromatic N) is 2. The third-order valence-corrected chi connectivity index (χ3v) is 5.28. The van der Waals surface area contributed by atoms with Crippen LogP contribution >= 0.6 is 0 Å². The number of likely N-dealkylation sites (tertiary alicyclic amines) is 1. The number of guanidine groups is 1. The molecule has 144 valence electrons. The zero-order valence-corrected chi connectivity index (χ0v) is 16.5. The van der Waals surface area contributed by atoms with E-state index in [1.165, 1.54) is 38.0 Å². The number of ether oxygens (including phenoxy) is 1. The molecular weight excluding hydrogens is 324 g/mol. The van der Waals surface area contributed by atoms with Gasteiger partial charge in [0.2, 0.25) is 0 Å². The summed E-state index contributed by atoms with van der Waals surface area (Å²) in [7, 11) is 1.85. The first-order chi connectivity index (χ1) is 12.7. The highest BCUT2D eigenvalue weighted by Crippen LogP contribution is 2.31. The first-order valence-electron chi connectivity index (χ1n) is 10.1. The normalized spacial score (nSPS) is 24.1. The van der Waals surface area contributed by atoms with E-state index in [4.69, 9.17) is 4.74 Å². The highest BCUT2D eigenvalue weighted by Gasteiger charge is 2.23. The molecule has 0 aromatic heterocycles. The fraction of sp³-hybridized carbons (Fsp3) is 0.667. The molecule has 1 aromatic rings. The van der Waals surface area contributed by atoms with E-state index in [-0.39, 0.29) is 6.04 Å². The van der Waals surface area contributed by atoms with Gasteiger partial charge in [-0.15, -0.1) is 0 Å². The molecule has 2 aliphatic rings. The number of rotatable bonds is 5. The Hall–Kier alpha value is -1.75. The lowest BCUT2D eigenvalue weighted by molar-refractivity contribution is 0.159. The third kappa shape index (κ3) is 5.13. The van der Waals surface area contributed by atoms with Gasteiger partial charge in [-0.1, -0.05) is 32.0 Å². The smallest absolute Gasteiger partial charge is 0.191 e. The second kappa shape index (κ2) is 9.26. The van der Waals surface area contributed by atoms with E-state index in [0.29, 0.717) is 5.92 Å². The molecule has 2 unspecified atom stereocenters. The van der Waals surface area contributed by atoms with Crippen LogP contribution in [0.15, 0.2) is 29.3 Å². The third-order valence-electron chi connectivity index (χ3n) is 5.28. The number of aliphatic imine (C=N–C) groups is 1. The molecule has 0 radical (unpaired) electrons. The van der Waals surface area contributed by atoms with Gasteiger partial charge in [-0.25, -0.2) is 0 Å². The van der Waals surface area contributed by atoms with E-state index < -0.39 is 0 Å². The highest BCUT2D eigenvalue weighted by molar-refractivity contribution is 5.80. The molecule has 2 N–H and O–H groups in total. The second-order valence-corrected chi connectivity index (χ2v) is 7.99. The number of nitrogens with one attached hydrogen (secondary N) is 2. The molecule has 2 heterocycles. The summed E-state index contributed by atoms with van der Waals surface area (Å²) in [6.45, 7) is 10.0. The van der Waals surface area contributed by atoms with Crippen molar-refractivity contribution < 1.29 is 4.74 Å². The molecule has 3 rings (SSSR count). The average Bonchev–Trinajstić information content (AvgIpc) is 2.65. The van der Waals surface area contributed by atoms with Crippen LogP contribution in [0.2, 0.25) is 0 Å². The predicted molar refractivity (Wildman–Crippen MR) is 108 cm³/mol. The van der Waals surface area contributed by atoms with Crippen molar-refractivity contribution in [3.8, 4) is 5.75 Å². The molecule has 1 fully saturated rings. The van der Waals surface area contributed by atoms with Crippen LogP contribution in [0.3, 0.4) is 0 Å². The first kappa shape index (κ1) is 19.0. The lowest BCUT2D eigenvalue weighted by atomic mass is 9.97. The fourth-order valence-corrected chi connectivity index (χ4v) is 4.09. The molecule has 0 spiro atoms. The van der Waals surface area contributed by atoms with Gasteiger partial charge < -0.3 is 20.3 Å². The van der Waals surface area contributed by atoms with Gasteiger partial charge in [0.25, 0.3) is 0 Å². The van der Waals surface area contributed by atoms with Gasteiger partial charge in [0, 0.05) is 38.7 Å². The van der Waals surface area contributed by atoms with E-state index in [1.54, 1.807) is 0 Å². The lowest BCUT2D eigenvalue weighted by Gasteiger charge is -2.34. The summed E-state index contributed by atoms with van der Waals surface area (Å²) in [5, 5.41) is 7.15. The standard InChI is InChI=1S/C21H34N4O/c1-16(2)14-25-11-6-7-17(15-25)13-23-21(22-3)24-19-10-12-26-20-9-5-4-8-18(19)20/h4-5,8-9,16-17,19H,6-7,10-15H2,1-3H3,(H2,22,23,24). The topological polar surface area (TPSA) is 48.9 Å². The van der Waals surface area contributed by atoms with E-state index in [2.05, 4.69) is 46.5 Å². The van der Waals surface area contributed by atoms with Gasteiger partial charge >= 0.3 is 0 Å². The van der Waals surface area contributed by atoms with Crippen LogP contribution in [-0.2, 0) is 0 Å². The SMILES string of the molecule is CN=C(NCC1CCCN(CC(C)C)C1)NC1CCOc2ccccc21. The van der Waals surface area contributed by atoms with Crippen molar-refractivity contribution in [2.75, 3.05) is 39.8 Å². The molecule has 2 atom stereocenters. The first-order valence-corrected chi connectivity index (χ1v) is 10.1. The maximum atomic E-state index is 5.76. The molecule has 1 aromatic carbocycles. The van der Waals surface area contributed by atoms with Crippen LogP contribution in [0.1, 0.15) is 44.7 Å². The summed E-state index contributed by atoms with van der Waals surface area (Å²) in [4.78, 5) is 7.06. The molecule has 0 saturated carbocycles. The predicted octanol–water partition coefficient (Wildman–Crippen LogP) is 3.04. The van der Waals surface area contributed by atoms with Crippen LogP contribution in [-0.4, -0.2) is 50.7 Å². The molecule has 0 aliphatic carbocycles. The number of hydrogen-bond acceptors (Lipinski definition) is 3. The van der Waals surface area contributed by atoms with Crippen molar-refractivity contribution in [1.29, 1.82) is 0 Å². The van der Waals surface area contributed by atoms with Crippen LogP contribution in [0.4, 0.5) is 0 Å². The number of benzene rings is 1. The van der Waals surface area contributed by atoms with Crippen molar-refractivity contribution in [1.82, 2.24) is 15.5 Å². The summed E-state index contributed by atoms with van der Waals surface area (Å²) in [5.41, 5.74) is 1.22. The maximum absolute atomic E-state index is 5.76. The van der Waals surface area contributed by atoms with E-state index in [1.807, 2.05) is 19.2 Å². The Labute approximate surface area is 158 Å². The number of hydrogen-bond donors (Lipinski definition) is 2. The van der Waals surface area contributed by atoms with Gasteiger partial charge in [0.05, 0.1) is 12.6 Å². The van der Waals surface area contributed by atoms with Gasteiger partial charge in [-0.3, -0.25) is 4.99 Å². The Morgan fingerprint density at radius 3 is 2.96 bits per heavy atom. The lowest BCUT2D eigenvalue weighted by Crippen LogP contribution is -2.46. The van der Waals surface area contributed by atoms with Gasteiger partial charge in [0.15, 0.2) is 5.96 Å². The molecule has 0 amide bonds. The summed E-state index contributed by atoms with van der Waals surface area (Å²) in [6, 6.07) is 8.55. The summed E-state index contributed by atoms with van der Waals surface area (Å²) in [6.07, 6.45) is 3.57. The zero-order valence-electron chi connectivity index (χ0n) is 16.5. The molecule has 1 saturated heterocycles. The monoisotopic (exact) mass is 358 g/mol. The van der Waals surface area contributed by atoms with Crippen molar-refractivity contribution in [3.63, 3.8) is 0 Å². The molecule has 5 nitrogen and oxygen atoms in total. The molecule has 5 heteroatoms. The zero-order chi connectivity index (χ0) is 18.4. The highest BCUT2D eigenvalue weighted by atomic mass is 16.5. The Morgan fingerprint density at radius 1 is 1.31 bits per heavy atom. The number of para-hydroxylation sites is 1.